The van der Waals surface area contributed by atoms with Crippen molar-refractivity contribution in [3.8, 4) is 5.75 Å². The maximum absolute atomic E-state index is 12.8. The van der Waals surface area contributed by atoms with E-state index in [-0.39, 0.29) is 22.0 Å². The van der Waals surface area contributed by atoms with Crippen molar-refractivity contribution in [2.75, 3.05) is 17.1 Å². The molecule has 0 atom stereocenters. The van der Waals surface area contributed by atoms with E-state index in [2.05, 4.69) is 20.3 Å². The third-order valence-electron chi connectivity index (χ3n) is 4.63. The van der Waals surface area contributed by atoms with Gasteiger partial charge in [-0.1, -0.05) is 17.8 Å². The number of sulfonamides is 1. The minimum atomic E-state index is -4.05. The van der Waals surface area contributed by atoms with E-state index < -0.39 is 27.4 Å². The Labute approximate surface area is 216 Å². The van der Waals surface area contributed by atoms with Gasteiger partial charge in [0.15, 0.2) is 5.70 Å². The number of benzene rings is 3. The lowest BCUT2D eigenvalue weighted by molar-refractivity contribution is -0.113. The monoisotopic (exact) mass is 548 g/mol. The van der Waals surface area contributed by atoms with Gasteiger partial charge in [0.1, 0.15) is 11.5 Å². The lowest BCUT2D eigenvalue weighted by atomic mass is 10.3. The number of amides is 1. The van der Waals surface area contributed by atoms with Crippen molar-refractivity contribution in [3.05, 3.63) is 84.3 Å². The molecule has 0 bridgehead atoms. The van der Waals surface area contributed by atoms with Crippen LogP contribution in [0.25, 0.3) is 0 Å². The number of thioether (sulfide) groups is 1. The van der Waals surface area contributed by atoms with E-state index in [1.807, 2.05) is 0 Å². The number of hydrogen-bond acceptors (Lipinski definition) is 8. The van der Waals surface area contributed by atoms with E-state index in [4.69, 9.17) is 4.74 Å². The highest BCUT2D eigenvalue weighted by atomic mass is 32.2. The lowest BCUT2D eigenvalue weighted by Gasteiger charge is -2.09. The Bertz CT molecular complexity index is 1410. The quantitative estimate of drug-likeness (QED) is 0.118. The molecule has 3 N–H and O–H groups in total. The van der Waals surface area contributed by atoms with Gasteiger partial charge in [-0.25, -0.2) is 8.42 Å². The summed E-state index contributed by atoms with van der Waals surface area (Å²) >= 11 is 0.348. The molecule has 0 fully saturated rings. The first-order valence-corrected chi connectivity index (χ1v) is 12.9. The Kier molecular flexibility index (Phi) is 9.20. The van der Waals surface area contributed by atoms with Crippen LogP contribution in [0.3, 0.4) is 0 Å². The molecule has 0 saturated heterocycles. The van der Waals surface area contributed by atoms with Gasteiger partial charge in [-0.15, -0.1) is 5.11 Å². The number of aliphatic hydroxyl groups excluding tert-OH is 1. The van der Waals surface area contributed by atoms with Crippen molar-refractivity contribution >= 4 is 44.8 Å². The third kappa shape index (κ3) is 8.02. The molecular weight excluding hydrogens is 526 g/mol. The number of carbonyl (C=O) groups is 1. The van der Waals surface area contributed by atoms with Crippen LogP contribution in [0.1, 0.15) is 6.92 Å². The zero-order chi connectivity index (χ0) is 27.0. The fourth-order valence-electron chi connectivity index (χ4n) is 2.89. The molecule has 37 heavy (non-hydrogen) atoms. The number of azo groups is 1. The molecule has 9 nitrogen and oxygen atoms in total. The van der Waals surface area contributed by atoms with Crippen LogP contribution in [-0.2, 0) is 14.8 Å². The summed E-state index contributed by atoms with van der Waals surface area (Å²) in [6.45, 7) is 1.26. The van der Waals surface area contributed by atoms with Crippen LogP contribution in [0.4, 0.5) is 25.8 Å². The highest BCUT2D eigenvalue weighted by Crippen LogP contribution is 2.27. The second-order valence-corrected chi connectivity index (χ2v) is 10.1. The molecule has 194 valence electrons. The summed E-state index contributed by atoms with van der Waals surface area (Å²) in [5.41, 5.74) is 0.341. The fraction of sp³-hybridized carbons (Fsp3) is 0.125. The molecule has 0 aliphatic carbocycles. The Morgan fingerprint density at radius 3 is 2.27 bits per heavy atom. The molecule has 0 saturated carbocycles. The smallest absolute Gasteiger partial charge is 0.288 e. The van der Waals surface area contributed by atoms with Crippen molar-refractivity contribution in [1.29, 1.82) is 0 Å². The van der Waals surface area contributed by atoms with Gasteiger partial charge in [-0.05, 0) is 73.7 Å². The number of alkyl halides is 2. The van der Waals surface area contributed by atoms with E-state index in [0.717, 1.165) is 0 Å². The summed E-state index contributed by atoms with van der Waals surface area (Å²) in [7, 11) is -2.54. The number of ether oxygens (including phenoxy) is 1. The van der Waals surface area contributed by atoms with Gasteiger partial charge >= 0.3 is 0 Å². The molecule has 0 aliphatic heterocycles. The number of hydrogen-bond donors (Lipinski definition) is 3. The molecule has 0 unspecified atom stereocenters. The number of nitrogens with one attached hydrogen (secondary N) is 2. The van der Waals surface area contributed by atoms with Gasteiger partial charge < -0.3 is 15.2 Å². The second kappa shape index (κ2) is 12.3. The number of rotatable bonds is 10. The van der Waals surface area contributed by atoms with E-state index >= 15 is 0 Å². The summed E-state index contributed by atoms with van der Waals surface area (Å²) in [4.78, 5) is 12.7. The van der Waals surface area contributed by atoms with E-state index in [9.17, 15) is 27.1 Å². The third-order valence-corrected chi connectivity index (χ3v) is 6.73. The summed E-state index contributed by atoms with van der Waals surface area (Å²) in [6, 6.07) is 17.4. The SMILES string of the molecule is COc1ccc(NC(=O)C(N=Nc2cccc(S(=O)(=O)Nc3ccc(SC(F)F)cc3)c2)=C(C)O)cc1. The summed E-state index contributed by atoms with van der Waals surface area (Å²) in [5.74, 6) is -3.11. The normalized spacial score (nSPS) is 12.4. The van der Waals surface area contributed by atoms with Gasteiger partial charge in [0, 0.05) is 16.3 Å². The largest absolute Gasteiger partial charge is 0.510 e. The molecule has 1 amide bonds. The number of nitrogens with zero attached hydrogens (tertiary/aromatic N) is 2. The molecule has 0 heterocycles. The molecule has 0 radical (unpaired) electrons. The zero-order valence-electron chi connectivity index (χ0n) is 19.6. The number of anilines is 2. The molecule has 0 aliphatic rings. The first-order chi connectivity index (χ1) is 17.6. The fourth-order valence-corrected chi connectivity index (χ4v) is 4.48. The van der Waals surface area contributed by atoms with E-state index in [0.29, 0.717) is 28.1 Å². The van der Waals surface area contributed by atoms with Crippen LogP contribution in [0, 0.1) is 0 Å². The number of allylic oxidation sites excluding steroid dienone is 1. The minimum absolute atomic E-state index is 0.0996. The summed E-state index contributed by atoms with van der Waals surface area (Å²) in [6.07, 6.45) is 0. The molecular formula is C24H22F2N4O5S2. The Hall–Kier alpha value is -3.97. The standard InChI is InChI=1S/C24H22F2N4O5S2/c1-15(31)22(23(32)27-16-6-10-19(35-2)11-7-16)29-28-18-4-3-5-21(14-18)37(33,34)30-17-8-12-20(13-9-17)36-24(25)26/h3-14,24,30-31H,1-2H3,(H,27,32). The van der Waals surface area contributed by atoms with Crippen LogP contribution in [-0.4, -0.2) is 32.3 Å². The Morgan fingerprint density at radius 1 is 1.03 bits per heavy atom. The van der Waals surface area contributed by atoms with Crippen LogP contribution in [0.2, 0.25) is 0 Å². The van der Waals surface area contributed by atoms with Gasteiger partial charge in [-0.2, -0.15) is 13.9 Å². The number of carbonyl (C=O) groups excluding carboxylic acids is 1. The van der Waals surface area contributed by atoms with Gasteiger partial charge in [0.05, 0.1) is 17.7 Å². The molecule has 3 aromatic rings. The topological polar surface area (TPSA) is 129 Å². The van der Waals surface area contributed by atoms with E-state index in [1.165, 1.54) is 62.6 Å². The lowest BCUT2D eigenvalue weighted by Crippen LogP contribution is -2.14. The van der Waals surface area contributed by atoms with Crippen LogP contribution < -0.4 is 14.8 Å². The molecule has 3 aromatic carbocycles. The Balaban J connectivity index is 1.74. The van der Waals surface area contributed by atoms with Crippen molar-refractivity contribution in [2.45, 2.75) is 22.5 Å². The Morgan fingerprint density at radius 2 is 1.68 bits per heavy atom. The highest BCUT2D eigenvalue weighted by Gasteiger charge is 2.16. The van der Waals surface area contributed by atoms with Crippen molar-refractivity contribution in [2.24, 2.45) is 10.2 Å². The molecule has 3 rings (SSSR count). The molecule has 0 spiro atoms. The van der Waals surface area contributed by atoms with Gasteiger partial charge in [-0.3, -0.25) is 9.52 Å². The predicted octanol–water partition coefficient (Wildman–Crippen LogP) is 6.32. The average molecular weight is 549 g/mol. The highest BCUT2D eigenvalue weighted by molar-refractivity contribution is 7.99. The maximum Gasteiger partial charge on any atom is 0.288 e. The van der Waals surface area contributed by atoms with E-state index in [1.54, 1.807) is 24.3 Å². The van der Waals surface area contributed by atoms with Crippen molar-refractivity contribution in [3.63, 3.8) is 0 Å². The van der Waals surface area contributed by atoms with Gasteiger partial charge in [0.2, 0.25) is 0 Å². The zero-order valence-corrected chi connectivity index (χ0v) is 21.2. The van der Waals surface area contributed by atoms with Gasteiger partial charge in [0.25, 0.3) is 21.7 Å². The van der Waals surface area contributed by atoms with Crippen LogP contribution >= 0.6 is 11.8 Å². The van der Waals surface area contributed by atoms with Crippen molar-refractivity contribution < 1.29 is 31.8 Å². The average Bonchev–Trinajstić information content (AvgIpc) is 2.85. The van der Waals surface area contributed by atoms with Crippen molar-refractivity contribution in [1.82, 2.24) is 0 Å². The molecule has 13 heteroatoms. The summed E-state index contributed by atoms with van der Waals surface area (Å²) in [5, 5.41) is 20.2. The first-order valence-electron chi connectivity index (χ1n) is 10.5. The second-order valence-electron chi connectivity index (χ2n) is 7.32. The number of aliphatic hydroxyl groups is 1. The number of methoxy groups -OCH3 is 1. The number of halogens is 2. The predicted molar refractivity (Wildman–Crippen MR) is 137 cm³/mol. The summed E-state index contributed by atoms with van der Waals surface area (Å²) < 4.78 is 57.9. The minimum Gasteiger partial charge on any atom is -0.510 e. The van der Waals surface area contributed by atoms with Crippen LogP contribution in [0.5, 0.6) is 5.75 Å². The molecule has 0 aromatic heterocycles. The van der Waals surface area contributed by atoms with Crippen LogP contribution in [0.15, 0.2) is 104 Å². The maximum atomic E-state index is 12.8. The first kappa shape index (κ1) is 27.6.